The number of amides is 2. The van der Waals surface area contributed by atoms with E-state index in [2.05, 4.69) is 20.0 Å². The number of aromatic amines is 1. The lowest BCUT2D eigenvalue weighted by Crippen LogP contribution is -2.52. The maximum absolute atomic E-state index is 14.2. The summed E-state index contributed by atoms with van der Waals surface area (Å²) in [6, 6.07) is 1.15. The number of rotatable bonds is 10. The quantitative estimate of drug-likeness (QED) is 0.428. The van der Waals surface area contributed by atoms with E-state index in [0.717, 1.165) is 31.4 Å². The van der Waals surface area contributed by atoms with Crippen molar-refractivity contribution in [2.45, 2.75) is 71.5 Å². The number of sulfonamides is 1. The van der Waals surface area contributed by atoms with E-state index in [1.54, 1.807) is 25.7 Å². The van der Waals surface area contributed by atoms with Crippen LogP contribution in [0.15, 0.2) is 24.4 Å². The molecular formula is C25H35F2N5O4S. The van der Waals surface area contributed by atoms with Crippen LogP contribution in [-0.4, -0.2) is 59.5 Å². The Kier molecular flexibility index (Phi) is 9.41. The molecule has 0 spiro atoms. The number of piperidine rings is 1. The number of hydrogen-bond acceptors (Lipinski definition) is 5. The van der Waals surface area contributed by atoms with Crippen molar-refractivity contribution in [3.05, 3.63) is 41.9 Å². The summed E-state index contributed by atoms with van der Waals surface area (Å²) in [6.07, 6.45) is 3.77. The highest BCUT2D eigenvalue weighted by atomic mass is 32.2. The molecule has 1 fully saturated rings. The molecule has 3 atom stereocenters. The van der Waals surface area contributed by atoms with E-state index in [1.807, 2.05) is 6.92 Å². The Morgan fingerprint density at radius 1 is 1.22 bits per heavy atom. The predicted octanol–water partition coefficient (Wildman–Crippen LogP) is 3.27. The summed E-state index contributed by atoms with van der Waals surface area (Å²) in [6.45, 7) is 7.62. The van der Waals surface area contributed by atoms with Crippen molar-refractivity contribution in [1.82, 2.24) is 24.9 Å². The molecular weight excluding hydrogens is 504 g/mol. The van der Waals surface area contributed by atoms with Gasteiger partial charge in [0, 0.05) is 24.2 Å². The van der Waals surface area contributed by atoms with Crippen molar-refractivity contribution in [2.24, 2.45) is 5.92 Å². The molecule has 1 aliphatic heterocycles. The minimum Gasteiger partial charge on any atom is -0.345 e. The van der Waals surface area contributed by atoms with E-state index in [0.29, 0.717) is 6.54 Å². The third-order valence-electron chi connectivity index (χ3n) is 6.28. The Bertz CT molecular complexity index is 1220. The van der Waals surface area contributed by atoms with Gasteiger partial charge in [0.2, 0.25) is 21.8 Å². The summed E-state index contributed by atoms with van der Waals surface area (Å²) < 4.78 is 55.1. The van der Waals surface area contributed by atoms with Crippen LogP contribution in [0.3, 0.4) is 0 Å². The van der Waals surface area contributed by atoms with Gasteiger partial charge in [0.25, 0.3) is 0 Å². The zero-order valence-corrected chi connectivity index (χ0v) is 22.4. The van der Waals surface area contributed by atoms with Gasteiger partial charge in [-0.05, 0) is 51.2 Å². The van der Waals surface area contributed by atoms with E-state index < -0.39 is 39.6 Å². The van der Waals surface area contributed by atoms with Gasteiger partial charge in [-0.2, -0.15) is 0 Å². The summed E-state index contributed by atoms with van der Waals surface area (Å²) in [5.41, 5.74) is 0.399. The van der Waals surface area contributed by atoms with Crippen LogP contribution in [0.5, 0.6) is 0 Å². The van der Waals surface area contributed by atoms with Crippen molar-refractivity contribution >= 4 is 21.8 Å². The maximum Gasteiger partial charge on any atom is 0.239 e. The number of aromatic nitrogens is 2. The Morgan fingerprint density at radius 2 is 1.95 bits per heavy atom. The average molecular weight is 540 g/mol. The van der Waals surface area contributed by atoms with Crippen LogP contribution in [0.2, 0.25) is 0 Å². The van der Waals surface area contributed by atoms with Crippen LogP contribution < -0.4 is 10.0 Å². The van der Waals surface area contributed by atoms with Crippen LogP contribution in [0.1, 0.15) is 65.2 Å². The minimum absolute atomic E-state index is 0.0181. The number of carbonyl (C=O) groups excluding carboxylic acids is 2. The molecule has 0 aliphatic carbocycles. The first kappa shape index (κ1) is 28.7. The van der Waals surface area contributed by atoms with Crippen molar-refractivity contribution in [3.63, 3.8) is 0 Å². The lowest BCUT2D eigenvalue weighted by molar-refractivity contribution is -0.137. The van der Waals surface area contributed by atoms with Gasteiger partial charge in [-0.3, -0.25) is 9.59 Å². The molecule has 9 nitrogen and oxygen atoms in total. The number of imidazole rings is 1. The Labute approximate surface area is 216 Å². The third-order valence-corrected chi connectivity index (χ3v) is 8.03. The van der Waals surface area contributed by atoms with E-state index >= 15 is 0 Å². The molecule has 37 heavy (non-hydrogen) atoms. The number of likely N-dealkylation sites (tertiary alicyclic amines) is 1. The Hall–Kier alpha value is -2.86. The highest BCUT2D eigenvalue weighted by molar-refractivity contribution is 7.89. The fourth-order valence-electron chi connectivity index (χ4n) is 4.44. The Balaban J connectivity index is 1.76. The van der Waals surface area contributed by atoms with E-state index in [-0.39, 0.29) is 47.1 Å². The second-order valence-electron chi connectivity index (χ2n) is 10.0. The molecule has 2 amide bonds. The lowest BCUT2D eigenvalue weighted by Gasteiger charge is -2.34. The van der Waals surface area contributed by atoms with Crippen molar-refractivity contribution in [3.8, 4) is 11.3 Å². The molecule has 2 unspecified atom stereocenters. The first-order valence-corrected chi connectivity index (χ1v) is 14.1. The summed E-state index contributed by atoms with van der Waals surface area (Å²) in [5.74, 6) is -2.52. The summed E-state index contributed by atoms with van der Waals surface area (Å²) >= 11 is 0. The van der Waals surface area contributed by atoms with Gasteiger partial charge in [0.1, 0.15) is 23.5 Å². The van der Waals surface area contributed by atoms with Gasteiger partial charge in [-0.15, -0.1) is 0 Å². The normalized spacial score (nSPS) is 18.0. The molecule has 0 saturated carbocycles. The summed E-state index contributed by atoms with van der Waals surface area (Å²) in [4.78, 5) is 35.0. The SMILES string of the molecule is CC(C)CS(=O)(=O)NC(CC(=O)N1CCCC[C@@H]1C)C(=O)NC(C)c1ncc(-c2ccc(F)cc2F)[nH]1. The molecule has 1 saturated heterocycles. The third kappa shape index (κ3) is 7.81. The van der Waals surface area contributed by atoms with Crippen LogP contribution in [0.4, 0.5) is 8.78 Å². The smallest absolute Gasteiger partial charge is 0.239 e. The highest BCUT2D eigenvalue weighted by Crippen LogP contribution is 2.23. The van der Waals surface area contributed by atoms with Gasteiger partial charge < -0.3 is 15.2 Å². The van der Waals surface area contributed by atoms with Gasteiger partial charge in [0.05, 0.1) is 30.1 Å². The van der Waals surface area contributed by atoms with E-state index in [9.17, 15) is 26.8 Å². The maximum atomic E-state index is 14.2. The van der Waals surface area contributed by atoms with Crippen molar-refractivity contribution in [1.29, 1.82) is 0 Å². The fourth-order valence-corrected chi connectivity index (χ4v) is 6.03. The molecule has 0 bridgehead atoms. The van der Waals surface area contributed by atoms with Crippen LogP contribution in [0.25, 0.3) is 11.3 Å². The average Bonchev–Trinajstić information content (AvgIpc) is 3.28. The van der Waals surface area contributed by atoms with Crippen LogP contribution >= 0.6 is 0 Å². The van der Waals surface area contributed by atoms with Gasteiger partial charge in [-0.25, -0.2) is 26.9 Å². The second kappa shape index (κ2) is 12.1. The Morgan fingerprint density at radius 3 is 2.59 bits per heavy atom. The highest BCUT2D eigenvalue weighted by Gasteiger charge is 2.32. The van der Waals surface area contributed by atoms with Crippen LogP contribution in [0, 0.1) is 17.6 Å². The molecule has 204 valence electrons. The number of nitrogens with zero attached hydrogens (tertiary/aromatic N) is 2. The van der Waals surface area contributed by atoms with E-state index in [1.165, 1.54) is 12.3 Å². The minimum atomic E-state index is -3.83. The first-order chi connectivity index (χ1) is 17.4. The topological polar surface area (TPSA) is 124 Å². The zero-order chi connectivity index (χ0) is 27.3. The summed E-state index contributed by atoms with van der Waals surface area (Å²) in [5, 5.41) is 2.70. The zero-order valence-electron chi connectivity index (χ0n) is 21.6. The van der Waals surface area contributed by atoms with Gasteiger partial charge in [-0.1, -0.05) is 13.8 Å². The standard InChI is InChI=1S/C25H35F2N5O4S/c1-15(2)14-37(35,36)31-21(12-23(33)32-10-6-5-7-16(32)3)25(34)29-17(4)24-28-13-22(30-24)19-9-8-18(26)11-20(19)27/h8-9,11,13,15-17,21,31H,5-7,10,12,14H2,1-4H3,(H,28,30)(H,29,34)/t16-,17?,21?/m0/s1. The molecule has 3 rings (SSSR count). The molecule has 1 aromatic carbocycles. The molecule has 1 aromatic heterocycles. The molecule has 1 aliphatic rings. The van der Waals surface area contributed by atoms with Gasteiger partial charge >= 0.3 is 0 Å². The lowest BCUT2D eigenvalue weighted by atomic mass is 10.0. The monoisotopic (exact) mass is 539 g/mol. The number of benzene rings is 1. The largest absolute Gasteiger partial charge is 0.345 e. The van der Waals surface area contributed by atoms with Crippen LogP contribution in [-0.2, 0) is 19.6 Å². The number of halogens is 2. The fraction of sp³-hybridized carbons (Fsp3) is 0.560. The number of carbonyl (C=O) groups is 2. The van der Waals surface area contributed by atoms with Gasteiger partial charge in [0.15, 0.2) is 0 Å². The van der Waals surface area contributed by atoms with Crippen molar-refractivity contribution < 1.29 is 26.8 Å². The number of nitrogens with one attached hydrogen (secondary N) is 3. The molecule has 2 heterocycles. The first-order valence-electron chi connectivity index (χ1n) is 12.5. The predicted molar refractivity (Wildman–Crippen MR) is 136 cm³/mol. The molecule has 3 N–H and O–H groups in total. The second-order valence-corrected chi connectivity index (χ2v) is 11.8. The number of H-pyrrole nitrogens is 1. The summed E-state index contributed by atoms with van der Waals surface area (Å²) in [7, 11) is -3.83. The molecule has 2 aromatic rings. The van der Waals surface area contributed by atoms with E-state index in [4.69, 9.17) is 0 Å². The van der Waals surface area contributed by atoms with Crippen molar-refractivity contribution in [2.75, 3.05) is 12.3 Å². The molecule has 12 heteroatoms. The number of hydrogen-bond donors (Lipinski definition) is 3. The molecule has 0 radical (unpaired) electrons.